The van der Waals surface area contributed by atoms with Crippen molar-refractivity contribution in [2.75, 3.05) is 20.3 Å². The number of pyridine rings is 1. The first-order valence-electron chi connectivity index (χ1n) is 14.0. The van der Waals surface area contributed by atoms with E-state index < -0.39 is 72.4 Å². The van der Waals surface area contributed by atoms with Crippen LogP contribution < -0.4 is 14.8 Å². The van der Waals surface area contributed by atoms with Crippen LogP contribution >= 0.6 is 0 Å². The molecule has 4 atom stereocenters. The molecule has 0 bridgehead atoms. The number of ether oxygens (including phenoxy) is 6. The maximum atomic E-state index is 13.4. The number of nitrogens with zero attached hydrogens (tertiary/aromatic N) is 1. The molecule has 1 amide bonds. The van der Waals surface area contributed by atoms with Crippen molar-refractivity contribution in [3.8, 4) is 11.5 Å². The Bertz CT molecular complexity index is 1350. The Morgan fingerprint density at radius 3 is 2.52 bits per heavy atom. The third kappa shape index (κ3) is 9.03. The second-order valence-corrected chi connectivity index (χ2v) is 10.1. The van der Waals surface area contributed by atoms with E-state index >= 15 is 0 Å². The Labute approximate surface area is 254 Å². The molecule has 236 valence electrons. The zero-order valence-corrected chi connectivity index (χ0v) is 25.0. The Balaban J connectivity index is 1.86. The molecule has 0 radical (unpaired) electrons. The predicted octanol–water partition coefficient (Wildman–Crippen LogP) is 3.20. The monoisotopic (exact) mass is 612 g/mol. The second kappa shape index (κ2) is 16.1. The average molecular weight is 613 g/mol. The summed E-state index contributed by atoms with van der Waals surface area (Å²) in [4.78, 5) is 68.8. The highest BCUT2D eigenvalue weighted by Gasteiger charge is 2.42. The van der Waals surface area contributed by atoms with E-state index in [-0.39, 0.29) is 24.5 Å². The highest BCUT2D eigenvalue weighted by Crippen LogP contribution is 2.30. The largest absolute Gasteiger partial charge is 0.514 e. The fourth-order valence-corrected chi connectivity index (χ4v) is 4.17. The number of esters is 3. The van der Waals surface area contributed by atoms with Crippen LogP contribution in [0.3, 0.4) is 0 Å². The molecule has 1 aliphatic rings. The van der Waals surface area contributed by atoms with Gasteiger partial charge < -0.3 is 33.7 Å². The van der Waals surface area contributed by atoms with Gasteiger partial charge in [0.2, 0.25) is 5.75 Å². The minimum absolute atomic E-state index is 0.0113. The van der Waals surface area contributed by atoms with Crippen molar-refractivity contribution in [3.63, 3.8) is 0 Å². The van der Waals surface area contributed by atoms with Gasteiger partial charge in [0.25, 0.3) is 5.91 Å². The predicted molar refractivity (Wildman–Crippen MR) is 154 cm³/mol. The van der Waals surface area contributed by atoms with Crippen LogP contribution in [-0.4, -0.2) is 73.5 Å². The number of benzene rings is 1. The van der Waals surface area contributed by atoms with Crippen molar-refractivity contribution < 1.29 is 52.4 Å². The molecule has 0 aliphatic carbocycles. The van der Waals surface area contributed by atoms with Gasteiger partial charge in [-0.1, -0.05) is 50.3 Å². The van der Waals surface area contributed by atoms with E-state index in [1.54, 1.807) is 44.2 Å². The molecule has 2 heterocycles. The van der Waals surface area contributed by atoms with Crippen LogP contribution in [0.5, 0.6) is 11.5 Å². The summed E-state index contributed by atoms with van der Waals surface area (Å²) in [6, 6.07) is 8.88. The molecule has 0 saturated carbocycles. The van der Waals surface area contributed by atoms with Gasteiger partial charge in [-0.05, 0) is 25.3 Å². The molecule has 1 fully saturated rings. The lowest BCUT2D eigenvalue weighted by atomic mass is 9.91. The summed E-state index contributed by atoms with van der Waals surface area (Å²) in [5.41, 5.74) is 0.352. The van der Waals surface area contributed by atoms with E-state index in [1.807, 2.05) is 6.07 Å². The van der Waals surface area contributed by atoms with Crippen LogP contribution in [0.1, 0.15) is 43.2 Å². The lowest BCUT2D eigenvalue weighted by Crippen LogP contribution is -2.47. The number of aromatic nitrogens is 1. The highest BCUT2D eigenvalue weighted by atomic mass is 16.7. The van der Waals surface area contributed by atoms with Crippen LogP contribution in [0.2, 0.25) is 0 Å². The minimum Gasteiger partial charge on any atom is -0.493 e. The van der Waals surface area contributed by atoms with Crippen molar-refractivity contribution in [2.24, 2.45) is 11.8 Å². The molecule has 1 aliphatic heterocycles. The van der Waals surface area contributed by atoms with Crippen LogP contribution in [0.15, 0.2) is 55.3 Å². The lowest BCUT2D eigenvalue weighted by molar-refractivity contribution is -0.176. The maximum Gasteiger partial charge on any atom is 0.514 e. The van der Waals surface area contributed by atoms with Crippen LogP contribution in [0.4, 0.5) is 4.79 Å². The fourth-order valence-electron chi connectivity index (χ4n) is 4.17. The Morgan fingerprint density at radius 2 is 1.86 bits per heavy atom. The summed E-state index contributed by atoms with van der Waals surface area (Å²) >= 11 is 0. The van der Waals surface area contributed by atoms with E-state index in [0.29, 0.717) is 6.42 Å². The van der Waals surface area contributed by atoms with Gasteiger partial charge in [0.1, 0.15) is 18.6 Å². The van der Waals surface area contributed by atoms with Crippen LogP contribution in [-0.2, 0) is 39.8 Å². The van der Waals surface area contributed by atoms with Gasteiger partial charge in [-0.3, -0.25) is 14.4 Å². The van der Waals surface area contributed by atoms with Gasteiger partial charge in [0.15, 0.2) is 23.6 Å². The second-order valence-electron chi connectivity index (χ2n) is 10.1. The van der Waals surface area contributed by atoms with Crippen LogP contribution in [0, 0.1) is 11.8 Å². The molecular weight excluding hydrogens is 576 g/mol. The Morgan fingerprint density at radius 1 is 1.14 bits per heavy atom. The van der Waals surface area contributed by atoms with Crippen molar-refractivity contribution in [2.45, 2.75) is 51.9 Å². The summed E-state index contributed by atoms with van der Waals surface area (Å²) in [6.45, 7) is 7.68. The van der Waals surface area contributed by atoms with Gasteiger partial charge in [-0.2, -0.15) is 0 Å². The molecule has 0 spiro atoms. The number of hydrogen-bond donors (Lipinski definition) is 1. The van der Waals surface area contributed by atoms with E-state index in [1.165, 1.54) is 26.3 Å². The quantitative estimate of drug-likeness (QED) is 0.171. The number of carbonyl (C=O) groups excluding carboxylic acids is 5. The molecule has 13 heteroatoms. The normalized spacial score (nSPS) is 20.1. The number of amides is 1. The van der Waals surface area contributed by atoms with E-state index in [4.69, 9.17) is 28.4 Å². The number of rotatable bonds is 11. The number of cyclic esters (lactones) is 2. The van der Waals surface area contributed by atoms with Gasteiger partial charge in [0, 0.05) is 12.3 Å². The van der Waals surface area contributed by atoms with Gasteiger partial charge in [-0.25, -0.2) is 14.6 Å². The molecule has 3 rings (SSSR count). The summed E-state index contributed by atoms with van der Waals surface area (Å²) in [5.74, 6) is -5.19. The van der Waals surface area contributed by atoms with E-state index in [9.17, 15) is 24.0 Å². The third-order valence-electron chi connectivity index (χ3n) is 6.50. The SMILES string of the molecule is C=CCCOC(=O)Oc1c(OC)ccnc1C(=O)N[C@H]1COC(=O)[C@H](Cc2ccccc2)[C@@H](OC(=O)C(C)C)[C@H](C)OC1=O. The Hall–Kier alpha value is -4.94. The van der Waals surface area contributed by atoms with E-state index in [0.717, 1.165) is 5.56 Å². The average Bonchev–Trinajstić information content (AvgIpc) is 3.03. The van der Waals surface area contributed by atoms with Crippen molar-refractivity contribution in [1.29, 1.82) is 0 Å². The van der Waals surface area contributed by atoms with Gasteiger partial charge in [-0.15, -0.1) is 6.58 Å². The summed E-state index contributed by atoms with van der Waals surface area (Å²) in [7, 11) is 1.29. The number of hydrogen-bond acceptors (Lipinski definition) is 12. The highest BCUT2D eigenvalue weighted by molar-refractivity contribution is 5.98. The first kappa shape index (κ1) is 33.6. The van der Waals surface area contributed by atoms with Crippen LogP contribution in [0.25, 0.3) is 0 Å². The fraction of sp³-hybridized carbons (Fsp3) is 0.419. The van der Waals surface area contributed by atoms with Gasteiger partial charge >= 0.3 is 24.1 Å². The number of carbonyl (C=O) groups is 5. The molecule has 13 nitrogen and oxygen atoms in total. The smallest absolute Gasteiger partial charge is 0.493 e. The van der Waals surface area contributed by atoms with Crippen molar-refractivity contribution in [3.05, 3.63) is 66.5 Å². The summed E-state index contributed by atoms with van der Waals surface area (Å²) in [5, 5.41) is 2.42. The molecule has 1 aromatic heterocycles. The summed E-state index contributed by atoms with van der Waals surface area (Å²) in [6.07, 6.45) is -0.117. The Kier molecular flexibility index (Phi) is 12.2. The molecule has 0 unspecified atom stereocenters. The molecule has 1 saturated heterocycles. The van der Waals surface area contributed by atoms with Gasteiger partial charge in [0.05, 0.1) is 19.6 Å². The first-order valence-corrected chi connectivity index (χ1v) is 14.0. The topological polar surface area (TPSA) is 166 Å². The summed E-state index contributed by atoms with van der Waals surface area (Å²) < 4.78 is 32.1. The van der Waals surface area contributed by atoms with Crippen molar-refractivity contribution in [1.82, 2.24) is 10.3 Å². The zero-order chi connectivity index (χ0) is 32.2. The van der Waals surface area contributed by atoms with E-state index in [2.05, 4.69) is 16.9 Å². The molecular formula is C31H36N2O11. The molecule has 2 aromatic rings. The lowest BCUT2D eigenvalue weighted by Gasteiger charge is -2.29. The molecule has 44 heavy (non-hydrogen) atoms. The molecule has 1 N–H and O–H groups in total. The maximum absolute atomic E-state index is 13.4. The minimum atomic E-state index is -1.49. The zero-order valence-electron chi connectivity index (χ0n) is 25.0. The first-order chi connectivity index (χ1) is 21.0. The number of nitrogens with one attached hydrogen (secondary N) is 1. The molecule has 1 aromatic carbocycles. The number of methoxy groups -OCH3 is 1. The third-order valence-corrected chi connectivity index (χ3v) is 6.50. The standard InChI is InChI=1S/C31H36N2O11/c1-6-7-15-40-31(38)44-26-23(39-5)13-14-32-24(26)27(34)33-22-17-41-29(36)21(16-20-11-9-8-10-12-20)25(19(4)42-30(22)37)43-28(35)18(2)3/h6,8-14,18-19,21-22,25H,1,7,15-17H2,2-5H3,(H,33,34)/t19-,21+,22-,25-/m0/s1. The van der Waals surface area contributed by atoms with Crippen molar-refractivity contribution >= 4 is 30.0 Å².